The number of nitrogens with one attached hydrogen (secondary N) is 1. The molecule has 2 fully saturated rings. The maximum atomic E-state index is 13.4. The molecule has 10 nitrogen and oxygen atoms in total. The Labute approximate surface area is 212 Å². The molecule has 0 bridgehead atoms. The lowest BCUT2D eigenvalue weighted by molar-refractivity contribution is -0.141. The highest BCUT2D eigenvalue weighted by atomic mass is 35.5. The van der Waals surface area contributed by atoms with Crippen molar-refractivity contribution in [1.82, 2.24) is 14.8 Å². The molecule has 1 amide bonds. The summed E-state index contributed by atoms with van der Waals surface area (Å²) in [7, 11) is -3.98. The van der Waals surface area contributed by atoms with Gasteiger partial charge in [0.15, 0.2) is 4.75 Å². The van der Waals surface area contributed by atoms with Crippen molar-refractivity contribution in [3.8, 4) is 11.8 Å². The Balaban J connectivity index is 0.00000432. The zero-order valence-corrected chi connectivity index (χ0v) is 21.3. The summed E-state index contributed by atoms with van der Waals surface area (Å²) in [6.07, 6.45) is 4.18. The van der Waals surface area contributed by atoms with Crippen molar-refractivity contribution in [2.45, 2.75) is 56.1 Å². The lowest BCUT2D eigenvalue weighted by Crippen LogP contribution is -2.60. The van der Waals surface area contributed by atoms with Crippen molar-refractivity contribution >= 4 is 34.3 Å². The molecule has 2 aliphatic heterocycles. The molecule has 0 aromatic carbocycles. The molecule has 12 heteroatoms. The predicted octanol–water partition coefficient (Wildman–Crippen LogP) is 1.76. The molecular weight excluding hydrogens is 498 g/mol. The number of ether oxygens (including phenoxy) is 2. The average molecular weight is 530 g/mol. The first-order valence-corrected chi connectivity index (χ1v) is 12.8. The third-order valence-corrected chi connectivity index (χ3v) is 8.92. The van der Waals surface area contributed by atoms with Crippen molar-refractivity contribution in [1.29, 1.82) is 0 Å². The zero-order valence-electron chi connectivity index (χ0n) is 19.7. The highest BCUT2D eigenvalue weighted by molar-refractivity contribution is 7.91. The number of halogens is 1. The fourth-order valence-corrected chi connectivity index (χ4v) is 6.45. The van der Waals surface area contributed by atoms with Crippen LogP contribution in [0.15, 0.2) is 18.3 Å². The van der Waals surface area contributed by atoms with Gasteiger partial charge in [-0.3, -0.25) is 19.8 Å². The van der Waals surface area contributed by atoms with Crippen molar-refractivity contribution < 1.29 is 32.7 Å². The first-order chi connectivity index (χ1) is 16.3. The molecule has 3 rings (SSSR count). The Kier molecular flexibility index (Phi) is 10.9. The van der Waals surface area contributed by atoms with Crippen molar-refractivity contribution in [2.24, 2.45) is 0 Å². The van der Waals surface area contributed by atoms with Crippen LogP contribution in [-0.2, 0) is 29.1 Å². The van der Waals surface area contributed by atoms with E-state index < -0.39 is 20.7 Å². The van der Waals surface area contributed by atoms with Crippen LogP contribution >= 0.6 is 12.4 Å². The van der Waals surface area contributed by atoms with Crippen LogP contribution in [0.25, 0.3) is 0 Å². The number of pyridine rings is 1. The van der Waals surface area contributed by atoms with Crippen LogP contribution in [-0.4, -0.2) is 72.4 Å². The van der Waals surface area contributed by atoms with Crippen LogP contribution in [0.4, 0.5) is 0 Å². The van der Waals surface area contributed by atoms with Gasteiger partial charge in [0.2, 0.25) is 10.0 Å². The molecular formula is C23H32ClN3O7S. The lowest BCUT2D eigenvalue weighted by Gasteiger charge is -2.40. The van der Waals surface area contributed by atoms with Crippen LogP contribution in [0.2, 0.25) is 0 Å². The number of carbonyl (C=O) groups is 2. The molecule has 0 spiro atoms. The third-order valence-electron chi connectivity index (χ3n) is 6.29. The van der Waals surface area contributed by atoms with Crippen molar-refractivity contribution in [3.05, 3.63) is 29.6 Å². The van der Waals surface area contributed by atoms with Gasteiger partial charge < -0.3 is 9.47 Å². The van der Waals surface area contributed by atoms with Gasteiger partial charge in [-0.2, -0.15) is 0 Å². The fraction of sp³-hybridized carbons (Fsp3) is 0.609. The van der Waals surface area contributed by atoms with E-state index in [1.807, 2.05) is 12.1 Å². The number of hydroxylamine groups is 1. The molecule has 2 saturated heterocycles. The molecule has 1 aromatic heterocycles. The second-order valence-electron chi connectivity index (χ2n) is 8.44. The minimum absolute atomic E-state index is 0. The normalized spacial score (nSPS) is 18.5. The number of amides is 1. The summed E-state index contributed by atoms with van der Waals surface area (Å²) in [5, 5.41) is 9.18. The molecule has 0 radical (unpaired) electrons. The molecule has 2 N–H and O–H groups in total. The number of piperidine rings is 1. The summed E-state index contributed by atoms with van der Waals surface area (Å²) in [4.78, 5) is 27.6. The molecule has 0 aliphatic carbocycles. The van der Waals surface area contributed by atoms with Gasteiger partial charge in [-0.05, 0) is 31.4 Å². The Morgan fingerprint density at radius 2 is 1.97 bits per heavy atom. The topological polar surface area (TPSA) is 135 Å². The maximum Gasteiger partial charge on any atom is 0.302 e. The second kappa shape index (κ2) is 13.2. The van der Waals surface area contributed by atoms with Gasteiger partial charge in [-0.25, -0.2) is 18.2 Å². The number of nitrogens with zero attached hydrogens (tertiary/aromatic N) is 2. The maximum absolute atomic E-state index is 13.4. The summed E-state index contributed by atoms with van der Waals surface area (Å²) in [5.74, 6) is 4.98. The molecule has 0 saturated carbocycles. The molecule has 0 unspecified atom stereocenters. The zero-order chi connectivity index (χ0) is 24.6. The highest BCUT2D eigenvalue weighted by Gasteiger charge is 2.54. The molecule has 35 heavy (non-hydrogen) atoms. The Hall–Kier alpha value is -2.23. The summed E-state index contributed by atoms with van der Waals surface area (Å²) in [6.45, 7) is 2.58. The Bertz CT molecular complexity index is 1020. The number of carbonyl (C=O) groups excluding carboxylic acids is 2. The Morgan fingerprint density at radius 3 is 2.54 bits per heavy atom. The van der Waals surface area contributed by atoms with Crippen LogP contribution in [0, 0.1) is 11.8 Å². The fourth-order valence-electron chi connectivity index (χ4n) is 4.31. The van der Waals surface area contributed by atoms with Crippen LogP contribution < -0.4 is 5.48 Å². The van der Waals surface area contributed by atoms with Gasteiger partial charge >= 0.3 is 5.97 Å². The van der Waals surface area contributed by atoms with E-state index in [9.17, 15) is 23.2 Å². The van der Waals surface area contributed by atoms with E-state index in [0.29, 0.717) is 32.3 Å². The van der Waals surface area contributed by atoms with E-state index in [4.69, 9.17) is 9.47 Å². The standard InChI is InChI=1S/C23H31N3O7S.ClH/c1-18(27)33-14-4-2-3-5-19-6-7-21(24-17-19)20-8-12-26(13-9-20)34(30,31)23(22(28)25-29)10-15-32-16-11-23;/h6-7,17,20,29H,2,4,8-16H2,1H3,(H,25,28);1H. The Morgan fingerprint density at radius 1 is 1.29 bits per heavy atom. The lowest BCUT2D eigenvalue weighted by atomic mass is 9.94. The SMILES string of the molecule is CC(=O)OCCCC#Cc1ccc(C2CCN(S(=O)(=O)C3(C(=O)NO)CCOCC3)CC2)nc1.Cl. The average Bonchev–Trinajstić information content (AvgIpc) is 2.86. The molecule has 1 aromatic rings. The smallest absolute Gasteiger partial charge is 0.302 e. The van der Waals surface area contributed by atoms with E-state index in [0.717, 1.165) is 11.3 Å². The quantitative estimate of drug-likeness (QED) is 0.179. The number of aromatic nitrogens is 1. The van der Waals surface area contributed by atoms with Crippen molar-refractivity contribution in [3.63, 3.8) is 0 Å². The van der Waals surface area contributed by atoms with E-state index >= 15 is 0 Å². The third kappa shape index (κ3) is 6.92. The minimum atomic E-state index is -3.98. The van der Waals surface area contributed by atoms with Gasteiger partial charge in [0.25, 0.3) is 5.91 Å². The summed E-state index contributed by atoms with van der Waals surface area (Å²) < 4.78 is 36.6. The van der Waals surface area contributed by atoms with E-state index in [2.05, 4.69) is 16.8 Å². The van der Waals surface area contributed by atoms with Crippen LogP contribution in [0.1, 0.15) is 62.6 Å². The first kappa shape index (κ1) is 29.0. The molecule has 2 aliphatic rings. The number of hydrogen-bond donors (Lipinski definition) is 2. The molecule has 194 valence electrons. The van der Waals surface area contributed by atoms with Crippen LogP contribution in [0.5, 0.6) is 0 Å². The van der Waals surface area contributed by atoms with E-state index in [-0.39, 0.29) is 63.4 Å². The summed E-state index contributed by atoms with van der Waals surface area (Å²) in [5.41, 5.74) is 3.21. The van der Waals surface area contributed by atoms with Crippen molar-refractivity contribution in [2.75, 3.05) is 32.9 Å². The second-order valence-corrected chi connectivity index (χ2v) is 10.7. The van der Waals surface area contributed by atoms with Gasteiger partial charge in [-0.15, -0.1) is 12.4 Å². The highest BCUT2D eigenvalue weighted by Crippen LogP contribution is 2.36. The monoisotopic (exact) mass is 529 g/mol. The van der Waals surface area contributed by atoms with Gasteiger partial charge in [-0.1, -0.05) is 11.8 Å². The number of sulfonamides is 1. The number of unbranched alkanes of at least 4 members (excludes halogenated alkanes) is 1. The van der Waals surface area contributed by atoms with Gasteiger partial charge in [0.05, 0.1) is 6.61 Å². The number of rotatable bonds is 7. The van der Waals surface area contributed by atoms with Gasteiger partial charge in [0.1, 0.15) is 0 Å². The van der Waals surface area contributed by atoms with E-state index in [1.54, 1.807) is 11.7 Å². The van der Waals surface area contributed by atoms with E-state index in [1.165, 1.54) is 11.2 Å². The molecule has 3 heterocycles. The first-order valence-electron chi connectivity index (χ1n) is 11.4. The largest absolute Gasteiger partial charge is 0.466 e. The summed E-state index contributed by atoms with van der Waals surface area (Å²) in [6, 6.07) is 3.81. The summed E-state index contributed by atoms with van der Waals surface area (Å²) >= 11 is 0. The predicted molar refractivity (Wildman–Crippen MR) is 129 cm³/mol. The molecule has 0 atom stereocenters. The van der Waals surface area contributed by atoms with Crippen LogP contribution in [0.3, 0.4) is 0 Å². The minimum Gasteiger partial charge on any atom is -0.466 e. The number of esters is 1. The number of hydrogen-bond acceptors (Lipinski definition) is 8. The van der Waals surface area contributed by atoms with Gasteiger partial charge in [0, 0.05) is 75.9 Å².